The summed E-state index contributed by atoms with van der Waals surface area (Å²) in [5.41, 5.74) is 0.253. The molecule has 0 aromatic heterocycles. The summed E-state index contributed by atoms with van der Waals surface area (Å²) in [7, 11) is 5.61. The number of benzene rings is 1. The van der Waals surface area contributed by atoms with E-state index in [1.165, 1.54) is 4.90 Å². The Kier molecular flexibility index (Phi) is 11.0. The Morgan fingerprint density at radius 1 is 1.17 bits per heavy atom. The van der Waals surface area contributed by atoms with Crippen molar-refractivity contribution in [2.75, 3.05) is 47.4 Å². The van der Waals surface area contributed by atoms with Crippen LogP contribution in [0.1, 0.15) is 43.5 Å². The zero-order valence-electron chi connectivity index (χ0n) is 21.4. The van der Waals surface area contributed by atoms with Crippen LogP contribution >= 0.6 is 0 Å². The van der Waals surface area contributed by atoms with E-state index in [1.54, 1.807) is 31.3 Å². The third-order valence-corrected chi connectivity index (χ3v) is 5.78. The van der Waals surface area contributed by atoms with Gasteiger partial charge in [0.05, 0.1) is 18.5 Å². The van der Waals surface area contributed by atoms with Gasteiger partial charge in [0.2, 0.25) is 17.7 Å². The number of ether oxygens (including phenoxy) is 1. The molecule has 3 N–H and O–H groups in total. The van der Waals surface area contributed by atoms with Crippen LogP contribution in [0, 0.1) is 5.92 Å². The monoisotopic (exact) mass is 489 g/mol. The Bertz CT molecular complexity index is 889. The number of hydrogen-bond donors (Lipinski definition) is 3. The number of nitrogens with zero attached hydrogens (tertiary/aromatic N) is 2. The summed E-state index contributed by atoms with van der Waals surface area (Å²) in [5.74, 6) is -1.51. The van der Waals surface area contributed by atoms with Gasteiger partial charge in [-0.25, -0.2) is 0 Å². The van der Waals surface area contributed by atoms with Crippen LogP contribution in [-0.2, 0) is 14.4 Å². The minimum absolute atomic E-state index is 0.165. The molecule has 0 fully saturated rings. The number of likely N-dealkylation sites (N-methyl/N-ethyl adjacent to an activating group) is 1. The van der Waals surface area contributed by atoms with E-state index in [0.717, 1.165) is 19.4 Å². The lowest BCUT2D eigenvalue weighted by Gasteiger charge is -2.28. The fourth-order valence-corrected chi connectivity index (χ4v) is 3.68. The van der Waals surface area contributed by atoms with Gasteiger partial charge in [-0.05, 0) is 51.5 Å². The predicted octanol–water partition coefficient (Wildman–Crippen LogP) is 0.625. The van der Waals surface area contributed by atoms with Crippen LogP contribution in [-0.4, -0.2) is 92.9 Å². The Morgan fingerprint density at radius 3 is 2.57 bits per heavy atom. The van der Waals surface area contributed by atoms with Crippen LogP contribution in [0.5, 0.6) is 5.75 Å². The summed E-state index contributed by atoms with van der Waals surface area (Å²) in [6, 6.07) is 4.83. The van der Waals surface area contributed by atoms with Gasteiger partial charge in [-0.2, -0.15) is 0 Å². The summed E-state index contributed by atoms with van der Waals surface area (Å²) in [6.07, 6.45) is 1.38. The molecule has 0 bridgehead atoms. The third kappa shape index (κ3) is 8.86. The number of unbranched alkanes of at least 4 members (excludes halogenated alkanes) is 1. The molecule has 1 aliphatic heterocycles. The van der Waals surface area contributed by atoms with Crippen LogP contribution in [0.3, 0.4) is 0 Å². The van der Waals surface area contributed by atoms with Gasteiger partial charge in [0.15, 0.2) is 0 Å². The predicted molar refractivity (Wildman–Crippen MR) is 133 cm³/mol. The van der Waals surface area contributed by atoms with Crippen LogP contribution in [0.2, 0.25) is 0 Å². The Morgan fingerprint density at radius 2 is 1.89 bits per heavy atom. The van der Waals surface area contributed by atoms with Crippen molar-refractivity contribution in [1.29, 1.82) is 0 Å². The quantitative estimate of drug-likeness (QED) is 0.483. The molecule has 2 rings (SSSR count). The molecule has 0 saturated carbocycles. The van der Waals surface area contributed by atoms with Gasteiger partial charge < -0.3 is 30.5 Å². The molecule has 2 atom stereocenters. The molecule has 0 radical (unpaired) electrons. The first-order valence-electron chi connectivity index (χ1n) is 12.1. The summed E-state index contributed by atoms with van der Waals surface area (Å²) >= 11 is 0. The smallest absolute Gasteiger partial charge is 0.255 e. The fourth-order valence-electron chi connectivity index (χ4n) is 3.68. The second-order valence-electron chi connectivity index (χ2n) is 9.43. The molecule has 35 heavy (non-hydrogen) atoms. The molecule has 0 saturated heterocycles. The minimum atomic E-state index is -1.10. The standard InChI is InChI=1S/C25H39N5O5/c1-17(2)22-25(34)30(5)14-15-35-20-11-7-6-10-18(20)23(32)27-19(16-21(31)28-22)24(33)26-12-8-9-13-29(3)4/h6-7,10-11,17,19,22H,8-9,12-16H2,1-5H3,(H,26,33)(H,27,32)(H,28,31)/t19-,22+/m0/s1. The average molecular weight is 490 g/mol. The number of fused-ring (bicyclic) bond motifs is 1. The molecular formula is C25H39N5O5. The Labute approximate surface area is 207 Å². The number of amides is 4. The first-order valence-corrected chi connectivity index (χ1v) is 12.1. The summed E-state index contributed by atoms with van der Waals surface area (Å²) in [4.78, 5) is 55.4. The molecule has 0 unspecified atom stereocenters. The van der Waals surface area contributed by atoms with Gasteiger partial charge in [-0.1, -0.05) is 26.0 Å². The number of carbonyl (C=O) groups excluding carboxylic acids is 4. The summed E-state index contributed by atoms with van der Waals surface area (Å²) in [6.45, 7) is 5.46. The van der Waals surface area contributed by atoms with Crippen molar-refractivity contribution in [2.24, 2.45) is 5.92 Å². The molecule has 1 aromatic rings. The maximum Gasteiger partial charge on any atom is 0.255 e. The first-order chi connectivity index (χ1) is 16.6. The lowest BCUT2D eigenvalue weighted by Crippen LogP contribution is -2.54. The van der Waals surface area contributed by atoms with E-state index in [9.17, 15) is 19.2 Å². The van der Waals surface area contributed by atoms with E-state index in [0.29, 0.717) is 12.3 Å². The van der Waals surface area contributed by atoms with Crippen molar-refractivity contribution in [3.05, 3.63) is 29.8 Å². The van der Waals surface area contributed by atoms with Crippen LogP contribution < -0.4 is 20.7 Å². The highest BCUT2D eigenvalue weighted by Crippen LogP contribution is 2.19. The lowest BCUT2D eigenvalue weighted by atomic mass is 10.0. The fraction of sp³-hybridized carbons (Fsp3) is 0.600. The molecule has 194 valence electrons. The van der Waals surface area contributed by atoms with Crippen molar-refractivity contribution < 1.29 is 23.9 Å². The van der Waals surface area contributed by atoms with Crippen molar-refractivity contribution in [1.82, 2.24) is 25.8 Å². The molecule has 0 aliphatic carbocycles. The number of hydrogen-bond acceptors (Lipinski definition) is 6. The molecular weight excluding hydrogens is 450 g/mol. The largest absolute Gasteiger partial charge is 0.491 e. The Hall–Kier alpha value is -3.14. The number of carbonyl (C=O) groups is 4. The van der Waals surface area contributed by atoms with Crippen molar-refractivity contribution >= 4 is 23.6 Å². The number of rotatable bonds is 7. The molecule has 10 nitrogen and oxygen atoms in total. The van der Waals surface area contributed by atoms with E-state index in [-0.39, 0.29) is 37.0 Å². The third-order valence-electron chi connectivity index (χ3n) is 5.78. The van der Waals surface area contributed by atoms with Crippen LogP contribution in [0.15, 0.2) is 24.3 Å². The van der Waals surface area contributed by atoms with Gasteiger partial charge in [0.1, 0.15) is 24.4 Å². The second kappa shape index (κ2) is 13.7. The topological polar surface area (TPSA) is 120 Å². The molecule has 1 heterocycles. The van der Waals surface area contributed by atoms with Crippen molar-refractivity contribution in [3.63, 3.8) is 0 Å². The van der Waals surface area contributed by atoms with E-state index >= 15 is 0 Å². The zero-order chi connectivity index (χ0) is 26.0. The van der Waals surface area contributed by atoms with Crippen molar-refractivity contribution in [2.45, 2.75) is 45.2 Å². The van der Waals surface area contributed by atoms with Crippen molar-refractivity contribution in [3.8, 4) is 5.75 Å². The SMILES string of the molecule is CC(C)[C@H]1NC(=O)C[C@@H](C(=O)NCCCCN(C)C)NC(=O)c2ccccc2OCCN(C)C1=O. The molecule has 10 heteroatoms. The van der Waals surface area contributed by atoms with Crippen LogP contribution in [0.4, 0.5) is 0 Å². The highest BCUT2D eigenvalue weighted by Gasteiger charge is 2.31. The average Bonchev–Trinajstić information content (AvgIpc) is 2.80. The van der Waals surface area contributed by atoms with E-state index in [2.05, 4.69) is 20.9 Å². The number of nitrogens with one attached hydrogen (secondary N) is 3. The summed E-state index contributed by atoms with van der Waals surface area (Å²) in [5, 5.41) is 8.25. The first kappa shape index (κ1) is 28.1. The van der Waals surface area contributed by atoms with Gasteiger partial charge in [0, 0.05) is 13.6 Å². The maximum absolute atomic E-state index is 13.1. The van der Waals surface area contributed by atoms with E-state index < -0.39 is 29.8 Å². The summed E-state index contributed by atoms with van der Waals surface area (Å²) < 4.78 is 5.80. The zero-order valence-corrected chi connectivity index (χ0v) is 21.4. The number of para-hydroxylation sites is 1. The van der Waals surface area contributed by atoms with E-state index in [1.807, 2.05) is 27.9 Å². The lowest BCUT2D eigenvalue weighted by molar-refractivity contribution is -0.137. The minimum Gasteiger partial charge on any atom is -0.491 e. The van der Waals surface area contributed by atoms with Gasteiger partial charge in [0.25, 0.3) is 5.91 Å². The maximum atomic E-state index is 13.1. The molecule has 4 amide bonds. The van der Waals surface area contributed by atoms with Crippen LogP contribution in [0.25, 0.3) is 0 Å². The van der Waals surface area contributed by atoms with Gasteiger partial charge >= 0.3 is 0 Å². The Balaban J connectivity index is 2.25. The van der Waals surface area contributed by atoms with Gasteiger partial charge in [-0.3, -0.25) is 19.2 Å². The van der Waals surface area contributed by atoms with E-state index in [4.69, 9.17) is 4.74 Å². The molecule has 0 spiro atoms. The second-order valence-corrected chi connectivity index (χ2v) is 9.43. The van der Waals surface area contributed by atoms with Gasteiger partial charge in [-0.15, -0.1) is 0 Å². The molecule has 1 aliphatic rings. The molecule has 1 aromatic carbocycles. The highest BCUT2D eigenvalue weighted by atomic mass is 16.5. The normalized spacial score (nSPS) is 20.0. The highest BCUT2D eigenvalue weighted by molar-refractivity contribution is 6.01.